The second-order valence-electron chi connectivity index (χ2n) is 7.41. The smallest absolute Gasteiger partial charge is 0.294 e. The molecule has 0 aromatic heterocycles. The lowest BCUT2D eigenvalue weighted by molar-refractivity contribution is -0.122. The number of benzene rings is 2. The van der Waals surface area contributed by atoms with Crippen LogP contribution in [0.25, 0.3) is 0 Å². The van der Waals surface area contributed by atoms with E-state index in [9.17, 15) is 19.1 Å². The van der Waals surface area contributed by atoms with Gasteiger partial charge in [-0.2, -0.15) is 0 Å². The Kier molecular flexibility index (Phi) is 5.13. The lowest BCUT2D eigenvalue weighted by Crippen LogP contribution is -2.33. The Morgan fingerprint density at radius 3 is 2.55 bits per heavy atom. The maximum Gasteiger partial charge on any atom is 0.294 e. The highest BCUT2D eigenvalue weighted by Crippen LogP contribution is 2.46. The van der Waals surface area contributed by atoms with Gasteiger partial charge in [0.25, 0.3) is 5.91 Å². The predicted molar refractivity (Wildman–Crippen MR) is 110 cm³/mol. The van der Waals surface area contributed by atoms with E-state index in [-0.39, 0.29) is 28.0 Å². The van der Waals surface area contributed by atoms with Crippen LogP contribution in [0.3, 0.4) is 0 Å². The van der Waals surface area contributed by atoms with Crippen LogP contribution < -0.4 is 4.90 Å². The van der Waals surface area contributed by atoms with Gasteiger partial charge in [-0.25, -0.2) is 4.39 Å². The first-order valence-corrected chi connectivity index (χ1v) is 10.1. The predicted octanol–water partition coefficient (Wildman–Crippen LogP) is 5.71. The van der Waals surface area contributed by atoms with Gasteiger partial charge in [-0.1, -0.05) is 41.8 Å². The van der Waals surface area contributed by atoms with Crippen molar-refractivity contribution in [2.75, 3.05) is 4.90 Å². The molecular formula is C22H18Cl2FNO3. The molecule has 1 unspecified atom stereocenters. The zero-order chi connectivity index (χ0) is 20.9. The van der Waals surface area contributed by atoms with E-state index in [2.05, 4.69) is 0 Å². The van der Waals surface area contributed by atoms with Gasteiger partial charge in [0, 0.05) is 10.9 Å². The molecule has 7 heteroatoms. The van der Waals surface area contributed by atoms with Crippen LogP contribution in [0.2, 0.25) is 10.0 Å². The Morgan fingerprint density at radius 2 is 1.93 bits per heavy atom. The van der Waals surface area contributed by atoms with Crippen LogP contribution in [0.1, 0.15) is 36.4 Å². The summed E-state index contributed by atoms with van der Waals surface area (Å²) in [6.45, 7) is 1.79. The summed E-state index contributed by atoms with van der Waals surface area (Å²) in [7, 11) is 0. The zero-order valence-electron chi connectivity index (χ0n) is 15.6. The molecule has 1 aliphatic heterocycles. The summed E-state index contributed by atoms with van der Waals surface area (Å²) in [5, 5.41) is 11.0. The van der Waals surface area contributed by atoms with Gasteiger partial charge in [0.1, 0.15) is 0 Å². The van der Waals surface area contributed by atoms with Crippen LogP contribution in [0.5, 0.6) is 0 Å². The van der Waals surface area contributed by atoms with Crippen LogP contribution >= 0.6 is 23.2 Å². The number of hydrogen-bond donors (Lipinski definition) is 1. The number of aliphatic hydroxyl groups excluding tert-OH is 1. The molecule has 1 aliphatic carbocycles. The molecule has 0 spiro atoms. The highest BCUT2D eigenvalue weighted by atomic mass is 35.5. The lowest BCUT2D eigenvalue weighted by atomic mass is 9.77. The minimum Gasteiger partial charge on any atom is -0.503 e. The van der Waals surface area contributed by atoms with Gasteiger partial charge in [-0.15, -0.1) is 0 Å². The molecule has 2 aromatic carbocycles. The maximum absolute atomic E-state index is 14.8. The SMILES string of the molecule is Cc1cc(Cl)ccc1C1C(C(=O)C2CCC2)=C(O)C(=O)N1c1cccc(Cl)c1F. The minimum absolute atomic E-state index is 0.00416. The number of nitrogens with zero attached hydrogens (tertiary/aromatic N) is 1. The van der Waals surface area contributed by atoms with Crippen molar-refractivity contribution in [3.63, 3.8) is 0 Å². The fourth-order valence-electron chi connectivity index (χ4n) is 3.91. The van der Waals surface area contributed by atoms with Crippen molar-refractivity contribution in [1.29, 1.82) is 0 Å². The van der Waals surface area contributed by atoms with Crippen molar-refractivity contribution in [1.82, 2.24) is 0 Å². The summed E-state index contributed by atoms with van der Waals surface area (Å²) in [4.78, 5) is 27.2. The van der Waals surface area contributed by atoms with Gasteiger partial charge in [-0.05, 0) is 55.2 Å². The molecule has 1 amide bonds. The van der Waals surface area contributed by atoms with Gasteiger partial charge in [0.2, 0.25) is 0 Å². The molecule has 0 bridgehead atoms. The Bertz CT molecular complexity index is 1060. The quantitative estimate of drug-likeness (QED) is 0.671. The van der Waals surface area contributed by atoms with Crippen molar-refractivity contribution in [3.8, 4) is 0 Å². The minimum atomic E-state index is -0.958. The fraction of sp³-hybridized carbons (Fsp3) is 0.273. The van der Waals surface area contributed by atoms with E-state index in [1.165, 1.54) is 18.2 Å². The second kappa shape index (κ2) is 7.47. The third-order valence-corrected chi connectivity index (χ3v) is 6.19. The van der Waals surface area contributed by atoms with Crippen LogP contribution in [0, 0.1) is 18.7 Å². The number of aliphatic hydroxyl groups is 1. The number of carbonyl (C=O) groups is 2. The first-order valence-electron chi connectivity index (χ1n) is 9.32. The monoisotopic (exact) mass is 433 g/mol. The summed E-state index contributed by atoms with van der Waals surface area (Å²) >= 11 is 12.0. The normalized spacial score (nSPS) is 19.7. The molecule has 2 aliphatic rings. The molecular weight excluding hydrogens is 416 g/mol. The van der Waals surface area contributed by atoms with E-state index >= 15 is 0 Å². The first kappa shape index (κ1) is 19.9. The van der Waals surface area contributed by atoms with Crippen molar-refractivity contribution in [2.45, 2.75) is 32.2 Å². The molecule has 4 rings (SSSR count). The molecule has 1 saturated carbocycles. The zero-order valence-corrected chi connectivity index (χ0v) is 17.1. The van der Waals surface area contributed by atoms with Gasteiger partial charge in [0.15, 0.2) is 17.4 Å². The van der Waals surface area contributed by atoms with Gasteiger partial charge in [-0.3, -0.25) is 14.5 Å². The first-order chi connectivity index (χ1) is 13.8. The lowest BCUT2D eigenvalue weighted by Gasteiger charge is -2.31. The van der Waals surface area contributed by atoms with Crippen molar-refractivity contribution in [2.24, 2.45) is 5.92 Å². The Hall–Kier alpha value is -2.37. The number of rotatable bonds is 4. The number of hydrogen-bond acceptors (Lipinski definition) is 3. The molecule has 29 heavy (non-hydrogen) atoms. The number of amides is 1. The number of Topliss-reactive ketones (excluding diaryl/α,β-unsaturated/α-hetero) is 1. The summed E-state index contributed by atoms with van der Waals surface area (Å²) in [5.41, 5.74) is 1.22. The molecule has 1 N–H and O–H groups in total. The Labute approximate surface area is 177 Å². The number of halogens is 3. The molecule has 0 saturated heterocycles. The summed E-state index contributed by atoms with van der Waals surface area (Å²) in [5.74, 6) is -2.76. The number of anilines is 1. The summed E-state index contributed by atoms with van der Waals surface area (Å²) in [6, 6.07) is 8.37. The van der Waals surface area contributed by atoms with E-state index in [4.69, 9.17) is 23.2 Å². The summed E-state index contributed by atoms with van der Waals surface area (Å²) in [6.07, 6.45) is 2.35. The third-order valence-electron chi connectivity index (χ3n) is 5.67. The highest BCUT2D eigenvalue weighted by molar-refractivity contribution is 6.31. The van der Waals surface area contributed by atoms with Gasteiger partial charge < -0.3 is 5.11 Å². The van der Waals surface area contributed by atoms with E-state index in [1.807, 2.05) is 0 Å². The van der Waals surface area contributed by atoms with Gasteiger partial charge >= 0.3 is 0 Å². The highest BCUT2D eigenvalue weighted by Gasteiger charge is 2.47. The molecule has 150 valence electrons. The molecule has 2 aromatic rings. The standard InChI is InChI=1S/C22H18Cl2FNO3/c1-11-10-13(23)8-9-14(11)19-17(20(27)12-4-2-5-12)21(28)22(29)26(19)16-7-3-6-15(24)18(16)25/h3,6-10,12,19,28H,2,4-5H2,1H3. The van der Waals surface area contributed by atoms with E-state index in [0.29, 0.717) is 23.4 Å². The van der Waals surface area contributed by atoms with Crippen molar-refractivity contribution >= 4 is 40.6 Å². The van der Waals surface area contributed by atoms with Crippen molar-refractivity contribution in [3.05, 3.63) is 74.7 Å². The third kappa shape index (κ3) is 3.22. The number of carbonyl (C=O) groups excluding carboxylic acids is 2. The average Bonchev–Trinajstić information content (AvgIpc) is 2.87. The number of aryl methyl sites for hydroxylation is 1. The van der Waals surface area contributed by atoms with Crippen LogP contribution in [-0.2, 0) is 9.59 Å². The largest absolute Gasteiger partial charge is 0.503 e. The Balaban J connectivity index is 1.92. The Morgan fingerprint density at radius 1 is 1.21 bits per heavy atom. The molecule has 4 nitrogen and oxygen atoms in total. The molecule has 1 atom stereocenters. The molecule has 1 heterocycles. The number of ketones is 1. The van der Waals surface area contributed by atoms with Crippen LogP contribution in [0.4, 0.5) is 10.1 Å². The van der Waals surface area contributed by atoms with Crippen molar-refractivity contribution < 1.29 is 19.1 Å². The van der Waals surface area contributed by atoms with E-state index in [1.54, 1.807) is 25.1 Å². The topological polar surface area (TPSA) is 57.6 Å². The maximum atomic E-state index is 14.8. The summed E-state index contributed by atoms with van der Waals surface area (Å²) < 4.78 is 14.8. The van der Waals surface area contributed by atoms with Gasteiger partial charge in [0.05, 0.1) is 22.3 Å². The second-order valence-corrected chi connectivity index (χ2v) is 8.25. The van der Waals surface area contributed by atoms with E-state index in [0.717, 1.165) is 16.9 Å². The van der Waals surface area contributed by atoms with Crippen LogP contribution in [-0.4, -0.2) is 16.8 Å². The molecule has 0 radical (unpaired) electrons. The average molecular weight is 434 g/mol. The van der Waals surface area contributed by atoms with E-state index < -0.39 is 23.5 Å². The molecule has 1 fully saturated rings. The van der Waals surface area contributed by atoms with Crippen LogP contribution in [0.15, 0.2) is 47.7 Å². The fourth-order valence-corrected chi connectivity index (χ4v) is 4.31.